The van der Waals surface area contributed by atoms with E-state index in [1.807, 2.05) is 25.3 Å². The number of nitrogens with one attached hydrogen (secondary N) is 2. The van der Waals surface area contributed by atoms with Crippen LogP contribution in [0.1, 0.15) is 36.3 Å². The van der Waals surface area contributed by atoms with Gasteiger partial charge in [0.05, 0.1) is 23.8 Å². The summed E-state index contributed by atoms with van der Waals surface area (Å²) >= 11 is 6.62. The third kappa shape index (κ3) is 5.20. The summed E-state index contributed by atoms with van der Waals surface area (Å²) in [5, 5.41) is 10.4. The normalized spacial score (nSPS) is 10.7. The second-order valence-electron chi connectivity index (χ2n) is 6.58. The summed E-state index contributed by atoms with van der Waals surface area (Å²) in [6, 6.07) is 5.14. The molecule has 0 spiro atoms. The zero-order valence-electron chi connectivity index (χ0n) is 17.7. The number of hydrogen-bond donors (Lipinski definition) is 2. The number of aryl methyl sites for hydroxylation is 1. The molecule has 3 aromatic rings. The van der Waals surface area contributed by atoms with Crippen molar-refractivity contribution in [1.29, 1.82) is 0 Å². The van der Waals surface area contributed by atoms with E-state index in [4.69, 9.17) is 21.7 Å². The maximum absolute atomic E-state index is 12.8. The fourth-order valence-corrected chi connectivity index (χ4v) is 4.03. The highest BCUT2D eigenvalue weighted by atomic mass is 32.1. The lowest BCUT2D eigenvalue weighted by molar-refractivity contribution is 0.102. The molecule has 10 heteroatoms. The van der Waals surface area contributed by atoms with E-state index in [0.29, 0.717) is 52.5 Å². The molecule has 0 fully saturated rings. The van der Waals surface area contributed by atoms with Crippen LogP contribution in [0.5, 0.6) is 11.5 Å². The van der Waals surface area contributed by atoms with Crippen molar-refractivity contribution in [2.75, 3.05) is 18.5 Å². The predicted octanol–water partition coefficient (Wildman–Crippen LogP) is 5.00. The molecule has 2 aromatic heterocycles. The van der Waals surface area contributed by atoms with E-state index in [0.717, 1.165) is 17.0 Å². The first-order chi connectivity index (χ1) is 15.0. The van der Waals surface area contributed by atoms with Gasteiger partial charge in [0, 0.05) is 12.1 Å². The van der Waals surface area contributed by atoms with Crippen molar-refractivity contribution in [3.63, 3.8) is 0 Å². The van der Waals surface area contributed by atoms with Crippen molar-refractivity contribution in [3.05, 3.63) is 46.9 Å². The van der Waals surface area contributed by atoms with Crippen molar-refractivity contribution < 1.29 is 14.3 Å². The van der Waals surface area contributed by atoms with E-state index in [9.17, 15) is 4.79 Å². The summed E-state index contributed by atoms with van der Waals surface area (Å²) in [6.07, 6.45) is 2.63. The lowest BCUT2D eigenvalue weighted by Crippen LogP contribution is -2.12. The SMILES string of the molecule is C=CCn1c(-c2sc(NC(=O)c3ccc(OCCC)c(OCC)c3)nc2C)n[nH]c1=S. The van der Waals surface area contributed by atoms with Gasteiger partial charge in [0.25, 0.3) is 5.91 Å². The van der Waals surface area contributed by atoms with Crippen molar-refractivity contribution in [1.82, 2.24) is 19.7 Å². The molecule has 2 heterocycles. The van der Waals surface area contributed by atoms with Gasteiger partial charge in [-0.1, -0.05) is 24.3 Å². The quantitative estimate of drug-likeness (QED) is 0.327. The lowest BCUT2D eigenvalue weighted by Gasteiger charge is -2.12. The number of hydrogen-bond acceptors (Lipinski definition) is 7. The Labute approximate surface area is 189 Å². The van der Waals surface area contributed by atoms with Gasteiger partial charge in [-0.05, 0) is 50.7 Å². The van der Waals surface area contributed by atoms with Gasteiger partial charge in [-0.3, -0.25) is 19.8 Å². The number of carbonyl (C=O) groups is 1. The molecule has 0 aliphatic rings. The van der Waals surface area contributed by atoms with Crippen LogP contribution in [0.3, 0.4) is 0 Å². The van der Waals surface area contributed by atoms with E-state index >= 15 is 0 Å². The van der Waals surface area contributed by atoms with E-state index in [-0.39, 0.29) is 5.91 Å². The minimum absolute atomic E-state index is 0.284. The number of nitrogens with zero attached hydrogens (tertiary/aromatic N) is 3. The number of rotatable bonds is 10. The molecule has 0 radical (unpaired) electrons. The Bertz CT molecular complexity index is 1130. The van der Waals surface area contributed by atoms with Gasteiger partial charge >= 0.3 is 0 Å². The zero-order valence-corrected chi connectivity index (χ0v) is 19.4. The second-order valence-corrected chi connectivity index (χ2v) is 7.97. The van der Waals surface area contributed by atoms with Crippen LogP contribution in [0.2, 0.25) is 0 Å². The molecule has 31 heavy (non-hydrogen) atoms. The molecule has 8 nitrogen and oxygen atoms in total. The number of thiazole rings is 1. The highest BCUT2D eigenvalue weighted by molar-refractivity contribution is 7.71. The summed E-state index contributed by atoms with van der Waals surface area (Å²) < 4.78 is 13.7. The van der Waals surface area contributed by atoms with Gasteiger partial charge in [0.15, 0.2) is 27.2 Å². The van der Waals surface area contributed by atoms with Crippen LogP contribution in [-0.2, 0) is 6.54 Å². The van der Waals surface area contributed by atoms with Gasteiger partial charge in [0.1, 0.15) is 0 Å². The summed E-state index contributed by atoms with van der Waals surface area (Å²) in [5.41, 5.74) is 1.20. The minimum Gasteiger partial charge on any atom is -0.490 e. The maximum Gasteiger partial charge on any atom is 0.257 e. The van der Waals surface area contributed by atoms with Crippen molar-refractivity contribution >= 4 is 34.6 Å². The van der Waals surface area contributed by atoms with Crippen LogP contribution in [0, 0.1) is 11.7 Å². The number of benzene rings is 1. The molecule has 0 atom stereocenters. The highest BCUT2D eigenvalue weighted by Gasteiger charge is 2.18. The van der Waals surface area contributed by atoms with Gasteiger partial charge < -0.3 is 9.47 Å². The van der Waals surface area contributed by atoms with Crippen LogP contribution in [0.25, 0.3) is 10.7 Å². The number of aromatic nitrogens is 4. The van der Waals surface area contributed by atoms with E-state index in [1.54, 1.807) is 24.3 Å². The van der Waals surface area contributed by atoms with Crippen LogP contribution in [-0.4, -0.2) is 38.9 Å². The molecular weight excluding hydrogens is 434 g/mol. The van der Waals surface area contributed by atoms with E-state index in [2.05, 4.69) is 27.1 Å². The number of aromatic amines is 1. The number of ether oxygens (including phenoxy) is 2. The summed E-state index contributed by atoms with van der Waals surface area (Å²) in [5.74, 6) is 1.54. The average Bonchev–Trinajstić information content (AvgIpc) is 3.29. The number of amides is 1. The molecule has 1 amide bonds. The van der Waals surface area contributed by atoms with Gasteiger partial charge in [-0.15, -0.1) is 6.58 Å². The third-order valence-corrected chi connectivity index (χ3v) is 5.64. The topological polar surface area (TPSA) is 94.1 Å². The van der Waals surface area contributed by atoms with Gasteiger partial charge in [0.2, 0.25) is 0 Å². The first-order valence-corrected chi connectivity index (χ1v) is 11.2. The Hall–Kier alpha value is -2.98. The Balaban J connectivity index is 1.83. The smallest absolute Gasteiger partial charge is 0.257 e. The number of H-pyrrole nitrogens is 1. The molecule has 2 N–H and O–H groups in total. The highest BCUT2D eigenvalue weighted by Crippen LogP contribution is 2.33. The maximum atomic E-state index is 12.8. The molecule has 0 saturated carbocycles. The van der Waals surface area contributed by atoms with Crippen molar-refractivity contribution in [2.24, 2.45) is 0 Å². The van der Waals surface area contributed by atoms with Crippen LogP contribution >= 0.6 is 23.6 Å². The molecular formula is C21H25N5O3S2. The van der Waals surface area contributed by atoms with Gasteiger partial charge in [-0.25, -0.2) is 4.98 Å². The molecule has 164 valence electrons. The van der Waals surface area contributed by atoms with Crippen LogP contribution in [0.4, 0.5) is 5.13 Å². The molecule has 0 bridgehead atoms. The first kappa shape index (κ1) is 22.7. The van der Waals surface area contributed by atoms with E-state index < -0.39 is 0 Å². The Kier molecular flexibility index (Phi) is 7.59. The molecule has 0 aliphatic heterocycles. The first-order valence-electron chi connectivity index (χ1n) is 9.93. The van der Waals surface area contributed by atoms with Gasteiger partial charge in [-0.2, -0.15) is 5.10 Å². The molecule has 0 aliphatic carbocycles. The van der Waals surface area contributed by atoms with Crippen LogP contribution < -0.4 is 14.8 Å². The predicted molar refractivity (Wildman–Crippen MR) is 125 cm³/mol. The minimum atomic E-state index is -0.284. The van der Waals surface area contributed by atoms with E-state index in [1.165, 1.54) is 11.3 Å². The number of carbonyl (C=O) groups excluding carboxylic acids is 1. The Morgan fingerprint density at radius 2 is 2.16 bits per heavy atom. The zero-order chi connectivity index (χ0) is 22.4. The summed E-state index contributed by atoms with van der Waals surface area (Å²) in [4.78, 5) is 18.1. The summed E-state index contributed by atoms with van der Waals surface area (Å²) in [6.45, 7) is 11.1. The Morgan fingerprint density at radius 3 is 2.87 bits per heavy atom. The molecule has 0 saturated heterocycles. The third-order valence-electron chi connectivity index (χ3n) is 4.26. The molecule has 1 aromatic carbocycles. The van der Waals surface area contributed by atoms with Crippen molar-refractivity contribution in [3.8, 4) is 22.2 Å². The fraction of sp³-hybridized carbons (Fsp3) is 0.333. The standard InChI is InChI=1S/C21H25N5O3S2/c1-5-10-26-18(24-25-21(26)30)17-13(4)22-20(31-17)23-19(27)14-8-9-15(29-11-6-2)16(12-14)28-7-3/h5,8-9,12H,1,6-7,10-11H2,2-4H3,(H,25,30)(H,22,23,27). The average molecular weight is 460 g/mol. The molecule has 0 unspecified atom stereocenters. The number of allylic oxidation sites excluding steroid dienone is 1. The largest absolute Gasteiger partial charge is 0.490 e. The monoisotopic (exact) mass is 459 g/mol. The van der Waals surface area contributed by atoms with Crippen LogP contribution in [0.15, 0.2) is 30.9 Å². The summed E-state index contributed by atoms with van der Waals surface area (Å²) in [7, 11) is 0. The number of anilines is 1. The fourth-order valence-electron chi connectivity index (χ4n) is 2.87. The van der Waals surface area contributed by atoms with Crippen molar-refractivity contribution in [2.45, 2.75) is 33.7 Å². The molecule has 3 rings (SSSR count). The second kappa shape index (κ2) is 10.4. The lowest BCUT2D eigenvalue weighted by atomic mass is 10.2. The Morgan fingerprint density at radius 1 is 1.35 bits per heavy atom.